The van der Waals surface area contributed by atoms with E-state index in [1.54, 1.807) is 0 Å². The number of hydrogen-bond acceptors (Lipinski definition) is 2. The Morgan fingerprint density at radius 1 is 0.947 bits per heavy atom. The van der Waals surface area contributed by atoms with Crippen LogP contribution in [0.4, 0.5) is 5.69 Å². The van der Waals surface area contributed by atoms with Crippen LogP contribution in [-0.2, 0) is 6.42 Å². The second kappa shape index (κ2) is 6.42. The highest BCUT2D eigenvalue weighted by atomic mass is 15.2. The fourth-order valence-electron chi connectivity index (χ4n) is 3.51. The Balaban J connectivity index is 1.63. The summed E-state index contributed by atoms with van der Waals surface area (Å²) in [5.41, 5.74) is 2.86. The van der Waals surface area contributed by atoms with E-state index in [4.69, 9.17) is 0 Å². The van der Waals surface area contributed by atoms with Gasteiger partial charge in [0.1, 0.15) is 0 Å². The van der Waals surface area contributed by atoms with E-state index in [1.165, 1.54) is 69.3 Å². The van der Waals surface area contributed by atoms with Crippen molar-refractivity contribution in [2.45, 2.75) is 51.0 Å². The van der Waals surface area contributed by atoms with Gasteiger partial charge in [-0.15, -0.1) is 0 Å². The van der Waals surface area contributed by atoms with Gasteiger partial charge >= 0.3 is 0 Å². The topological polar surface area (TPSA) is 15.3 Å². The van der Waals surface area contributed by atoms with Crippen LogP contribution in [0.25, 0.3) is 0 Å². The molecule has 1 unspecified atom stereocenters. The SMILES string of the molecule is c1ccc2c(c1)CCC(N1CCCCCCC1)CN2. The second-order valence-electron chi connectivity index (χ2n) is 6.03. The van der Waals surface area contributed by atoms with Crippen LogP contribution in [0.2, 0.25) is 0 Å². The molecule has 2 aliphatic rings. The van der Waals surface area contributed by atoms with E-state index in [2.05, 4.69) is 34.5 Å². The van der Waals surface area contributed by atoms with Gasteiger partial charge in [0.25, 0.3) is 0 Å². The van der Waals surface area contributed by atoms with Gasteiger partial charge in [-0.25, -0.2) is 0 Å². The van der Waals surface area contributed by atoms with Gasteiger partial charge in [-0.2, -0.15) is 0 Å². The molecule has 2 aliphatic heterocycles. The molecule has 1 aromatic rings. The van der Waals surface area contributed by atoms with Crippen molar-refractivity contribution in [3.05, 3.63) is 29.8 Å². The predicted octanol–water partition coefficient (Wildman–Crippen LogP) is 3.68. The summed E-state index contributed by atoms with van der Waals surface area (Å²) in [6.45, 7) is 3.74. The summed E-state index contributed by atoms with van der Waals surface area (Å²) in [5.74, 6) is 0. The molecule has 2 heteroatoms. The number of fused-ring (bicyclic) bond motifs is 1. The molecule has 1 saturated heterocycles. The summed E-state index contributed by atoms with van der Waals surface area (Å²) >= 11 is 0. The average Bonchev–Trinajstić information content (AvgIpc) is 2.61. The van der Waals surface area contributed by atoms with E-state index in [1.807, 2.05) is 0 Å². The van der Waals surface area contributed by atoms with Gasteiger partial charge in [0, 0.05) is 18.3 Å². The van der Waals surface area contributed by atoms with Crippen LogP contribution in [-0.4, -0.2) is 30.6 Å². The molecular formula is C17H26N2. The molecule has 1 fully saturated rings. The number of benzene rings is 1. The minimum absolute atomic E-state index is 0.727. The Kier molecular flexibility index (Phi) is 4.39. The van der Waals surface area contributed by atoms with Crippen molar-refractivity contribution in [3.63, 3.8) is 0 Å². The van der Waals surface area contributed by atoms with Crippen LogP contribution in [0.3, 0.4) is 0 Å². The lowest BCUT2D eigenvalue weighted by molar-refractivity contribution is 0.179. The van der Waals surface area contributed by atoms with Gasteiger partial charge in [0.2, 0.25) is 0 Å². The lowest BCUT2D eigenvalue weighted by Gasteiger charge is -2.32. The van der Waals surface area contributed by atoms with Crippen LogP contribution in [0.15, 0.2) is 24.3 Å². The van der Waals surface area contributed by atoms with E-state index >= 15 is 0 Å². The summed E-state index contributed by atoms with van der Waals surface area (Å²) < 4.78 is 0. The molecule has 1 aromatic carbocycles. The van der Waals surface area contributed by atoms with Gasteiger partial charge in [-0.05, 0) is 50.4 Å². The molecule has 1 N–H and O–H groups in total. The van der Waals surface area contributed by atoms with Crippen LogP contribution in [0, 0.1) is 0 Å². The molecule has 104 valence electrons. The van der Waals surface area contributed by atoms with E-state index in [9.17, 15) is 0 Å². The molecular weight excluding hydrogens is 232 g/mol. The zero-order valence-electron chi connectivity index (χ0n) is 11.9. The minimum atomic E-state index is 0.727. The number of hydrogen-bond donors (Lipinski definition) is 1. The highest BCUT2D eigenvalue weighted by molar-refractivity contribution is 5.52. The zero-order chi connectivity index (χ0) is 12.9. The number of rotatable bonds is 1. The van der Waals surface area contributed by atoms with E-state index in [-0.39, 0.29) is 0 Å². The first-order valence-corrected chi connectivity index (χ1v) is 7.99. The predicted molar refractivity (Wildman–Crippen MR) is 81.7 cm³/mol. The van der Waals surface area contributed by atoms with Crippen molar-refractivity contribution in [1.82, 2.24) is 4.90 Å². The van der Waals surface area contributed by atoms with E-state index in [0.29, 0.717) is 0 Å². The lowest BCUT2D eigenvalue weighted by atomic mass is 10.0. The molecule has 0 saturated carbocycles. The molecule has 2 nitrogen and oxygen atoms in total. The fourth-order valence-corrected chi connectivity index (χ4v) is 3.51. The highest BCUT2D eigenvalue weighted by Gasteiger charge is 2.21. The Bertz CT molecular complexity index is 367. The zero-order valence-corrected chi connectivity index (χ0v) is 11.9. The Hall–Kier alpha value is -1.02. The van der Waals surface area contributed by atoms with E-state index < -0.39 is 0 Å². The number of aryl methyl sites for hydroxylation is 1. The van der Waals surface area contributed by atoms with Gasteiger partial charge in [0.05, 0.1) is 0 Å². The molecule has 2 heterocycles. The monoisotopic (exact) mass is 258 g/mol. The summed E-state index contributed by atoms with van der Waals surface area (Å²) in [5, 5.41) is 3.67. The first kappa shape index (κ1) is 13.0. The molecule has 0 spiro atoms. The largest absolute Gasteiger partial charge is 0.383 e. The average molecular weight is 258 g/mol. The van der Waals surface area contributed by atoms with Crippen LogP contribution >= 0.6 is 0 Å². The highest BCUT2D eigenvalue weighted by Crippen LogP contribution is 2.24. The normalized spacial score (nSPS) is 25.6. The van der Waals surface area contributed by atoms with Crippen molar-refractivity contribution in [1.29, 1.82) is 0 Å². The van der Waals surface area contributed by atoms with Gasteiger partial charge < -0.3 is 5.32 Å². The van der Waals surface area contributed by atoms with Gasteiger partial charge in [-0.3, -0.25) is 4.90 Å². The fraction of sp³-hybridized carbons (Fsp3) is 0.647. The third-order valence-corrected chi connectivity index (χ3v) is 4.70. The molecule has 0 amide bonds. The van der Waals surface area contributed by atoms with Crippen molar-refractivity contribution < 1.29 is 0 Å². The molecule has 0 bridgehead atoms. The van der Waals surface area contributed by atoms with Crippen molar-refractivity contribution in [2.24, 2.45) is 0 Å². The maximum absolute atomic E-state index is 3.67. The Morgan fingerprint density at radius 2 is 1.68 bits per heavy atom. The number of para-hydroxylation sites is 1. The lowest BCUT2D eigenvalue weighted by Crippen LogP contribution is -2.41. The van der Waals surface area contributed by atoms with Crippen molar-refractivity contribution in [3.8, 4) is 0 Å². The molecule has 0 radical (unpaired) electrons. The first-order valence-electron chi connectivity index (χ1n) is 7.99. The number of anilines is 1. The van der Waals surface area contributed by atoms with Crippen LogP contribution < -0.4 is 5.32 Å². The molecule has 0 aromatic heterocycles. The molecule has 0 aliphatic carbocycles. The van der Waals surface area contributed by atoms with E-state index in [0.717, 1.165) is 12.6 Å². The Morgan fingerprint density at radius 3 is 2.53 bits per heavy atom. The number of nitrogens with one attached hydrogen (secondary N) is 1. The summed E-state index contributed by atoms with van der Waals surface area (Å²) in [4.78, 5) is 2.75. The summed E-state index contributed by atoms with van der Waals surface area (Å²) in [7, 11) is 0. The summed E-state index contributed by atoms with van der Waals surface area (Å²) in [6, 6.07) is 9.54. The second-order valence-corrected chi connectivity index (χ2v) is 6.03. The standard InChI is InChI=1S/C17H26N2/c1-2-6-12-19(13-7-3-1)16-11-10-15-8-4-5-9-17(15)18-14-16/h4-5,8-9,16,18H,1-3,6-7,10-14H2. The smallest absolute Gasteiger partial charge is 0.0373 e. The van der Waals surface area contributed by atoms with Crippen molar-refractivity contribution >= 4 is 5.69 Å². The third kappa shape index (κ3) is 3.30. The van der Waals surface area contributed by atoms with Crippen molar-refractivity contribution in [2.75, 3.05) is 25.0 Å². The maximum atomic E-state index is 3.67. The summed E-state index contributed by atoms with van der Waals surface area (Å²) in [6.07, 6.45) is 9.62. The minimum Gasteiger partial charge on any atom is -0.383 e. The van der Waals surface area contributed by atoms with Gasteiger partial charge in [0.15, 0.2) is 0 Å². The molecule has 1 atom stereocenters. The van der Waals surface area contributed by atoms with Crippen LogP contribution in [0.1, 0.15) is 44.1 Å². The number of likely N-dealkylation sites (tertiary alicyclic amines) is 1. The maximum Gasteiger partial charge on any atom is 0.0373 e. The van der Waals surface area contributed by atoms with Crippen LogP contribution in [0.5, 0.6) is 0 Å². The first-order chi connectivity index (χ1) is 9.43. The number of nitrogens with zero attached hydrogens (tertiary/aromatic N) is 1. The Labute approximate surface area is 117 Å². The quantitative estimate of drug-likeness (QED) is 0.826. The molecule has 3 rings (SSSR count). The third-order valence-electron chi connectivity index (χ3n) is 4.70. The molecule has 19 heavy (non-hydrogen) atoms. The van der Waals surface area contributed by atoms with Gasteiger partial charge in [-0.1, -0.05) is 37.5 Å².